The SMILES string of the molecule is COC(=O)Cc1[nH]n(-c2ccc(F)cc2)c(=O)c1C(C)=NNC(=O)C1CC1. The number of H-pyrrole nitrogens is 1. The topological polar surface area (TPSA) is 106 Å². The van der Waals surface area contributed by atoms with E-state index in [2.05, 4.69) is 20.4 Å². The van der Waals surface area contributed by atoms with E-state index in [1.54, 1.807) is 6.92 Å². The maximum absolute atomic E-state index is 13.2. The van der Waals surface area contributed by atoms with Gasteiger partial charge in [-0.05, 0) is 44.0 Å². The molecule has 0 spiro atoms. The molecule has 142 valence electrons. The van der Waals surface area contributed by atoms with Crippen LogP contribution in [0, 0.1) is 11.7 Å². The molecular formula is C18H19FN4O4. The van der Waals surface area contributed by atoms with Crippen molar-refractivity contribution in [3.05, 3.63) is 51.7 Å². The van der Waals surface area contributed by atoms with Crippen LogP contribution in [-0.4, -0.2) is 34.5 Å². The lowest BCUT2D eigenvalue weighted by molar-refractivity contribution is -0.139. The lowest BCUT2D eigenvalue weighted by atomic mass is 10.1. The standard InChI is InChI=1S/C18H19FN4O4/c1-10(20-21-17(25)11-3-4-11)16-14(9-15(24)27-2)22-23(18(16)26)13-7-5-12(19)6-8-13/h5-8,11,22H,3-4,9H2,1-2H3,(H,21,25). The van der Waals surface area contributed by atoms with Crippen LogP contribution >= 0.6 is 0 Å². The Morgan fingerprint density at radius 3 is 2.59 bits per heavy atom. The van der Waals surface area contributed by atoms with Crippen LogP contribution in [0.15, 0.2) is 34.2 Å². The zero-order valence-corrected chi connectivity index (χ0v) is 14.9. The molecule has 0 aliphatic heterocycles. The fraction of sp³-hybridized carbons (Fsp3) is 0.333. The monoisotopic (exact) mass is 374 g/mol. The van der Waals surface area contributed by atoms with Crippen LogP contribution in [0.25, 0.3) is 5.69 Å². The number of carbonyl (C=O) groups is 2. The van der Waals surface area contributed by atoms with Gasteiger partial charge in [-0.1, -0.05) is 0 Å². The first kappa shape index (κ1) is 18.6. The molecule has 1 saturated carbocycles. The van der Waals surface area contributed by atoms with E-state index in [0.29, 0.717) is 5.69 Å². The Morgan fingerprint density at radius 1 is 1.33 bits per heavy atom. The summed E-state index contributed by atoms with van der Waals surface area (Å²) in [7, 11) is 1.24. The number of hydrogen-bond donors (Lipinski definition) is 2. The first-order chi connectivity index (χ1) is 12.9. The largest absolute Gasteiger partial charge is 0.469 e. The van der Waals surface area contributed by atoms with Gasteiger partial charge < -0.3 is 4.74 Å². The van der Waals surface area contributed by atoms with E-state index in [-0.39, 0.29) is 35.2 Å². The third-order valence-corrected chi connectivity index (χ3v) is 4.24. The van der Waals surface area contributed by atoms with Gasteiger partial charge in [0.2, 0.25) is 5.91 Å². The zero-order chi connectivity index (χ0) is 19.6. The average molecular weight is 374 g/mol. The Labute approximate surface area is 154 Å². The molecule has 1 amide bonds. The predicted octanol–water partition coefficient (Wildman–Crippen LogP) is 1.27. The van der Waals surface area contributed by atoms with E-state index < -0.39 is 17.3 Å². The van der Waals surface area contributed by atoms with Crippen LogP contribution in [0.5, 0.6) is 0 Å². The van der Waals surface area contributed by atoms with Gasteiger partial charge in [0.15, 0.2) is 0 Å². The maximum atomic E-state index is 13.2. The van der Waals surface area contributed by atoms with Crippen LogP contribution in [0.2, 0.25) is 0 Å². The molecule has 0 saturated heterocycles. The van der Waals surface area contributed by atoms with Crippen molar-refractivity contribution in [2.24, 2.45) is 11.0 Å². The van der Waals surface area contributed by atoms with E-state index in [4.69, 9.17) is 0 Å². The van der Waals surface area contributed by atoms with Gasteiger partial charge >= 0.3 is 5.97 Å². The summed E-state index contributed by atoms with van der Waals surface area (Å²) in [5, 5.41) is 6.85. The number of aromatic nitrogens is 2. The Kier molecular flexibility index (Phi) is 5.20. The van der Waals surface area contributed by atoms with Crippen molar-refractivity contribution < 1.29 is 18.7 Å². The van der Waals surface area contributed by atoms with Crippen LogP contribution in [0.3, 0.4) is 0 Å². The second-order valence-electron chi connectivity index (χ2n) is 6.28. The Hall–Kier alpha value is -3.23. The van der Waals surface area contributed by atoms with Gasteiger partial charge in [-0.25, -0.2) is 14.5 Å². The predicted molar refractivity (Wildman–Crippen MR) is 95.1 cm³/mol. The molecule has 9 heteroatoms. The van der Waals surface area contributed by atoms with Gasteiger partial charge in [-0.3, -0.25) is 19.5 Å². The number of esters is 1. The number of amides is 1. The molecule has 0 bridgehead atoms. The van der Waals surface area contributed by atoms with Crippen LogP contribution in [0.4, 0.5) is 4.39 Å². The third kappa shape index (κ3) is 4.13. The van der Waals surface area contributed by atoms with Crippen molar-refractivity contribution in [2.75, 3.05) is 7.11 Å². The molecule has 0 unspecified atom stereocenters. The zero-order valence-electron chi connectivity index (χ0n) is 14.9. The van der Waals surface area contributed by atoms with E-state index in [0.717, 1.165) is 12.8 Å². The molecule has 1 aliphatic carbocycles. The van der Waals surface area contributed by atoms with E-state index in [9.17, 15) is 18.8 Å². The van der Waals surface area contributed by atoms with E-state index in [1.165, 1.54) is 36.1 Å². The molecule has 0 atom stereocenters. The number of benzene rings is 1. The van der Waals surface area contributed by atoms with Crippen molar-refractivity contribution >= 4 is 17.6 Å². The van der Waals surface area contributed by atoms with Crippen LogP contribution in [0.1, 0.15) is 31.0 Å². The fourth-order valence-electron chi connectivity index (χ4n) is 2.60. The number of carbonyl (C=O) groups excluding carboxylic acids is 2. The molecule has 27 heavy (non-hydrogen) atoms. The molecule has 2 aromatic rings. The fourth-order valence-corrected chi connectivity index (χ4v) is 2.60. The minimum absolute atomic E-state index is 0.0295. The number of methoxy groups -OCH3 is 1. The molecule has 8 nitrogen and oxygen atoms in total. The van der Waals surface area contributed by atoms with Crippen molar-refractivity contribution in [1.82, 2.24) is 15.2 Å². The van der Waals surface area contributed by atoms with E-state index >= 15 is 0 Å². The summed E-state index contributed by atoms with van der Waals surface area (Å²) in [5.41, 5.74) is 3.07. The van der Waals surface area contributed by atoms with Gasteiger partial charge in [0.1, 0.15) is 5.82 Å². The van der Waals surface area contributed by atoms with E-state index in [1.807, 2.05) is 0 Å². The number of hydrazone groups is 1. The maximum Gasteiger partial charge on any atom is 0.311 e. The van der Waals surface area contributed by atoms with Gasteiger partial charge in [0, 0.05) is 5.92 Å². The van der Waals surface area contributed by atoms with Crippen molar-refractivity contribution in [3.8, 4) is 5.69 Å². The molecule has 1 aliphatic rings. The summed E-state index contributed by atoms with van der Waals surface area (Å²) >= 11 is 0. The van der Waals surface area contributed by atoms with Crippen LogP contribution in [-0.2, 0) is 20.7 Å². The minimum atomic E-state index is -0.543. The first-order valence-electron chi connectivity index (χ1n) is 8.42. The number of halogens is 1. The van der Waals surface area contributed by atoms with Crippen molar-refractivity contribution in [1.29, 1.82) is 0 Å². The van der Waals surface area contributed by atoms with Gasteiger partial charge in [-0.15, -0.1) is 0 Å². The first-order valence-corrected chi connectivity index (χ1v) is 8.42. The number of hydrogen-bond acceptors (Lipinski definition) is 5. The molecule has 1 heterocycles. The van der Waals surface area contributed by atoms with Crippen molar-refractivity contribution in [3.63, 3.8) is 0 Å². The highest BCUT2D eigenvalue weighted by Gasteiger charge is 2.29. The number of rotatable bonds is 6. The average Bonchev–Trinajstić information content (AvgIpc) is 3.45. The number of aromatic amines is 1. The molecule has 1 fully saturated rings. The summed E-state index contributed by atoms with van der Waals surface area (Å²) in [6, 6.07) is 5.30. The molecule has 3 rings (SSSR count). The summed E-state index contributed by atoms with van der Waals surface area (Å²) in [4.78, 5) is 36.4. The molecule has 1 aromatic heterocycles. The third-order valence-electron chi connectivity index (χ3n) is 4.24. The molecule has 0 radical (unpaired) electrons. The summed E-state index contributed by atoms with van der Waals surface area (Å²) in [6.07, 6.45) is 1.48. The van der Waals surface area contributed by atoms with Gasteiger partial charge in [-0.2, -0.15) is 5.10 Å². The Bertz CT molecular complexity index is 955. The summed E-state index contributed by atoms with van der Waals surface area (Å²) in [5.74, 6) is -1.20. The summed E-state index contributed by atoms with van der Waals surface area (Å²) in [6.45, 7) is 1.56. The normalized spacial score (nSPS) is 14.1. The number of ether oxygens (including phenoxy) is 1. The van der Waals surface area contributed by atoms with Gasteiger partial charge in [0.25, 0.3) is 5.56 Å². The smallest absolute Gasteiger partial charge is 0.311 e. The second-order valence-corrected chi connectivity index (χ2v) is 6.28. The Balaban J connectivity index is 1.99. The molecule has 2 N–H and O–H groups in total. The molecular weight excluding hydrogens is 355 g/mol. The van der Waals surface area contributed by atoms with Gasteiger partial charge in [0.05, 0.1) is 36.2 Å². The minimum Gasteiger partial charge on any atom is -0.469 e. The lowest BCUT2D eigenvalue weighted by Gasteiger charge is -2.02. The highest BCUT2D eigenvalue weighted by Crippen LogP contribution is 2.28. The molecule has 1 aromatic carbocycles. The number of nitrogens with one attached hydrogen (secondary N) is 2. The Morgan fingerprint density at radius 2 is 2.00 bits per heavy atom. The van der Waals surface area contributed by atoms with Crippen molar-refractivity contribution in [2.45, 2.75) is 26.2 Å². The van der Waals surface area contributed by atoms with Crippen LogP contribution < -0.4 is 11.0 Å². The summed E-state index contributed by atoms with van der Waals surface area (Å²) < 4.78 is 19.0. The number of nitrogens with zero attached hydrogens (tertiary/aromatic N) is 2. The second kappa shape index (κ2) is 7.56. The quantitative estimate of drug-likeness (QED) is 0.451. The highest BCUT2D eigenvalue weighted by atomic mass is 19.1. The highest BCUT2D eigenvalue weighted by molar-refractivity contribution is 6.00. The lowest BCUT2D eigenvalue weighted by Crippen LogP contribution is -2.24.